The van der Waals surface area contributed by atoms with Crippen LogP contribution in [0.5, 0.6) is 0 Å². The van der Waals surface area contributed by atoms with Gasteiger partial charge in [-0.15, -0.1) is 11.3 Å². The summed E-state index contributed by atoms with van der Waals surface area (Å²) < 4.78 is 0.735. The summed E-state index contributed by atoms with van der Waals surface area (Å²) in [7, 11) is 0. The van der Waals surface area contributed by atoms with Crippen LogP contribution in [0.3, 0.4) is 0 Å². The third kappa shape index (κ3) is 4.13. The van der Waals surface area contributed by atoms with Crippen LogP contribution in [-0.2, 0) is 11.2 Å². The van der Waals surface area contributed by atoms with Gasteiger partial charge < -0.3 is 10.3 Å². The van der Waals surface area contributed by atoms with Crippen LogP contribution in [0.1, 0.15) is 24.4 Å². The van der Waals surface area contributed by atoms with E-state index in [2.05, 4.69) is 24.1 Å². The first kappa shape index (κ1) is 12.4. The number of carbonyl (C=O) groups is 1. The van der Waals surface area contributed by atoms with E-state index in [1.807, 2.05) is 6.92 Å². The first-order valence-corrected chi connectivity index (χ1v) is 6.16. The molecule has 0 unspecified atom stereocenters. The highest BCUT2D eigenvalue weighted by Crippen LogP contribution is 2.14. The molecule has 84 valence electrons. The number of aromatic amines is 1. The minimum Gasteiger partial charge on any atom is -0.356 e. The molecule has 1 aromatic rings. The number of thiazole rings is 1. The summed E-state index contributed by atoms with van der Waals surface area (Å²) in [5.74, 6) is 0.552. The average Bonchev–Trinajstić information content (AvgIpc) is 2.42. The van der Waals surface area contributed by atoms with Crippen molar-refractivity contribution < 1.29 is 4.79 Å². The molecule has 0 fully saturated rings. The standard InChI is InChI=1S/C10H16N2OS2/c1-6(2)5-11-9(13)4-8-7(3)12-10(14)15-8/h6H,4-5H2,1-3H3,(H,11,13)(H,12,14). The second kappa shape index (κ2) is 5.42. The minimum absolute atomic E-state index is 0.0667. The van der Waals surface area contributed by atoms with Gasteiger partial charge in [0.1, 0.15) is 0 Å². The molecular weight excluding hydrogens is 228 g/mol. The minimum atomic E-state index is 0.0667. The molecule has 15 heavy (non-hydrogen) atoms. The monoisotopic (exact) mass is 244 g/mol. The van der Waals surface area contributed by atoms with Crippen molar-refractivity contribution in [2.24, 2.45) is 5.92 Å². The van der Waals surface area contributed by atoms with Crippen LogP contribution in [0.2, 0.25) is 0 Å². The van der Waals surface area contributed by atoms with Gasteiger partial charge in [-0.25, -0.2) is 0 Å². The van der Waals surface area contributed by atoms with Crippen molar-refractivity contribution in [2.75, 3.05) is 6.54 Å². The Morgan fingerprint density at radius 1 is 1.60 bits per heavy atom. The van der Waals surface area contributed by atoms with E-state index in [1.165, 1.54) is 11.3 Å². The van der Waals surface area contributed by atoms with Gasteiger partial charge in [0.05, 0.1) is 6.42 Å². The molecule has 0 aliphatic carbocycles. The number of rotatable bonds is 4. The van der Waals surface area contributed by atoms with Gasteiger partial charge in [0.25, 0.3) is 0 Å². The summed E-state index contributed by atoms with van der Waals surface area (Å²) in [6.07, 6.45) is 0.427. The number of H-pyrrole nitrogens is 1. The van der Waals surface area contributed by atoms with Gasteiger partial charge in [0.2, 0.25) is 5.91 Å². The first-order chi connectivity index (χ1) is 6.99. The lowest BCUT2D eigenvalue weighted by atomic mass is 10.2. The highest BCUT2D eigenvalue weighted by molar-refractivity contribution is 7.73. The Bertz CT molecular complexity index is 392. The van der Waals surface area contributed by atoms with Crippen molar-refractivity contribution in [3.63, 3.8) is 0 Å². The lowest BCUT2D eigenvalue weighted by Gasteiger charge is -2.06. The van der Waals surface area contributed by atoms with Crippen molar-refractivity contribution in [1.82, 2.24) is 10.3 Å². The predicted octanol–water partition coefficient (Wildman–Crippen LogP) is 2.43. The van der Waals surface area contributed by atoms with Crippen LogP contribution in [0.25, 0.3) is 0 Å². The van der Waals surface area contributed by atoms with E-state index in [-0.39, 0.29) is 5.91 Å². The number of aryl methyl sites for hydroxylation is 1. The van der Waals surface area contributed by atoms with Crippen molar-refractivity contribution >= 4 is 29.5 Å². The SMILES string of the molecule is Cc1[nH]c(=S)sc1CC(=O)NCC(C)C. The van der Waals surface area contributed by atoms with E-state index in [4.69, 9.17) is 12.2 Å². The molecule has 0 bridgehead atoms. The van der Waals surface area contributed by atoms with E-state index in [9.17, 15) is 4.79 Å². The fraction of sp³-hybridized carbons (Fsp3) is 0.600. The average molecular weight is 244 g/mol. The highest BCUT2D eigenvalue weighted by atomic mass is 32.1. The quantitative estimate of drug-likeness (QED) is 0.799. The van der Waals surface area contributed by atoms with E-state index < -0.39 is 0 Å². The number of hydrogen-bond donors (Lipinski definition) is 2. The normalized spacial score (nSPS) is 10.7. The predicted molar refractivity (Wildman–Crippen MR) is 65.8 cm³/mol. The Morgan fingerprint density at radius 3 is 2.73 bits per heavy atom. The van der Waals surface area contributed by atoms with Gasteiger partial charge >= 0.3 is 0 Å². The van der Waals surface area contributed by atoms with E-state index >= 15 is 0 Å². The van der Waals surface area contributed by atoms with Crippen molar-refractivity contribution in [2.45, 2.75) is 27.2 Å². The maximum Gasteiger partial charge on any atom is 0.225 e. The Hall–Kier alpha value is -0.680. The summed E-state index contributed by atoms with van der Waals surface area (Å²) >= 11 is 6.49. The number of carbonyl (C=O) groups excluding carboxylic acids is 1. The number of hydrogen-bond acceptors (Lipinski definition) is 3. The fourth-order valence-corrected chi connectivity index (χ4v) is 2.42. The second-order valence-corrected chi connectivity index (χ2v) is 5.71. The maximum atomic E-state index is 11.5. The van der Waals surface area contributed by atoms with Crippen LogP contribution in [-0.4, -0.2) is 17.4 Å². The topological polar surface area (TPSA) is 44.9 Å². The largest absolute Gasteiger partial charge is 0.356 e. The molecule has 1 aromatic heterocycles. The second-order valence-electron chi connectivity index (χ2n) is 3.94. The summed E-state index contributed by atoms with van der Waals surface area (Å²) in [5.41, 5.74) is 1.00. The third-order valence-corrected chi connectivity index (χ3v) is 3.29. The molecular formula is C10H16N2OS2. The first-order valence-electron chi connectivity index (χ1n) is 4.94. The van der Waals surface area contributed by atoms with Crippen LogP contribution in [0.4, 0.5) is 0 Å². The number of amides is 1. The maximum absolute atomic E-state index is 11.5. The van der Waals surface area contributed by atoms with Crippen molar-refractivity contribution in [3.05, 3.63) is 14.5 Å². The molecule has 0 aliphatic heterocycles. The van der Waals surface area contributed by atoms with Gasteiger partial charge in [0, 0.05) is 17.1 Å². The van der Waals surface area contributed by atoms with Gasteiger partial charge in [-0.3, -0.25) is 4.79 Å². The molecule has 1 heterocycles. The van der Waals surface area contributed by atoms with E-state index in [0.717, 1.165) is 21.1 Å². The molecule has 1 amide bonds. The molecule has 2 N–H and O–H groups in total. The van der Waals surface area contributed by atoms with Crippen LogP contribution < -0.4 is 5.32 Å². The smallest absolute Gasteiger partial charge is 0.225 e. The molecule has 0 aliphatic rings. The Morgan fingerprint density at radius 2 is 2.27 bits per heavy atom. The molecule has 0 radical (unpaired) electrons. The zero-order valence-corrected chi connectivity index (χ0v) is 10.8. The van der Waals surface area contributed by atoms with Crippen LogP contribution in [0.15, 0.2) is 0 Å². The van der Waals surface area contributed by atoms with Crippen molar-refractivity contribution in [1.29, 1.82) is 0 Å². The van der Waals surface area contributed by atoms with Crippen molar-refractivity contribution in [3.8, 4) is 0 Å². The van der Waals surface area contributed by atoms with Crippen LogP contribution >= 0.6 is 23.6 Å². The molecule has 0 saturated heterocycles. The lowest BCUT2D eigenvalue weighted by molar-refractivity contribution is -0.120. The van der Waals surface area contributed by atoms with Gasteiger partial charge in [0.15, 0.2) is 3.95 Å². The Kier molecular flexibility index (Phi) is 4.47. The van der Waals surface area contributed by atoms with Gasteiger partial charge in [-0.05, 0) is 25.1 Å². The molecule has 0 spiro atoms. The number of nitrogens with one attached hydrogen (secondary N) is 2. The third-order valence-electron chi connectivity index (χ3n) is 1.95. The van der Waals surface area contributed by atoms with E-state index in [1.54, 1.807) is 0 Å². The molecule has 1 rings (SSSR count). The summed E-state index contributed by atoms with van der Waals surface area (Å²) in [5, 5.41) is 2.89. The number of aromatic nitrogens is 1. The summed E-state index contributed by atoms with van der Waals surface area (Å²) in [4.78, 5) is 15.6. The molecule has 3 nitrogen and oxygen atoms in total. The zero-order valence-electron chi connectivity index (χ0n) is 9.22. The molecule has 5 heteroatoms. The molecule has 0 atom stereocenters. The van der Waals surface area contributed by atoms with E-state index in [0.29, 0.717) is 12.3 Å². The van der Waals surface area contributed by atoms with Crippen LogP contribution in [0, 0.1) is 16.8 Å². The molecule has 0 saturated carbocycles. The summed E-state index contributed by atoms with van der Waals surface area (Å²) in [6.45, 7) is 6.82. The van der Waals surface area contributed by atoms with Gasteiger partial charge in [-0.1, -0.05) is 13.8 Å². The lowest BCUT2D eigenvalue weighted by Crippen LogP contribution is -2.28. The fourth-order valence-electron chi connectivity index (χ4n) is 1.13. The highest BCUT2D eigenvalue weighted by Gasteiger charge is 2.08. The summed E-state index contributed by atoms with van der Waals surface area (Å²) in [6, 6.07) is 0. The Labute approximate surface area is 98.9 Å². The van der Waals surface area contributed by atoms with Gasteiger partial charge in [-0.2, -0.15) is 0 Å². The Balaban J connectivity index is 2.51. The zero-order chi connectivity index (χ0) is 11.4. The molecule has 0 aromatic carbocycles.